The minimum absolute atomic E-state index is 0.0911. The molecular weight excluding hydrogens is 180 g/mol. The molecule has 2 saturated heterocycles. The van der Waals surface area contributed by atoms with Crippen LogP contribution in [0, 0.1) is 5.92 Å². The standard InChI is InChI=1S/C10H16N2O2/c1-7-8(11(2)10(7)14)6-12-5-3-4-9(12)13/h7-8H,3-6H2,1-2H3. The molecule has 0 spiro atoms. The van der Waals surface area contributed by atoms with E-state index in [-0.39, 0.29) is 23.8 Å². The van der Waals surface area contributed by atoms with E-state index in [1.807, 2.05) is 18.9 Å². The lowest BCUT2D eigenvalue weighted by atomic mass is 9.89. The fraction of sp³-hybridized carbons (Fsp3) is 0.800. The molecule has 0 bridgehead atoms. The quantitative estimate of drug-likeness (QED) is 0.587. The zero-order valence-electron chi connectivity index (χ0n) is 8.69. The molecule has 4 nitrogen and oxygen atoms in total. The Bertz CT molecular complexity index is 265. The Balaban J connectivity index is 1.92. The van der Waals surface area contributed by atoms with Crippen LogP contribution in [0.15, 0.2) is 0 Å². The lowest BCUT2D eigenvalue weighted by molar-refractivity contribution is -0.154. The van der Waals surface area contributed by atoms with Gasteiger partial charge in [-0.05, 0) is 6.42 Å². The summed E-state index contributed by atoms with van der Waals surface area (Å²) < 4.78 is 0. The van der Waals surface area contributed by atoms with Crippen molar-refractivity contribution in [3.05, 3.63) is 0 Å². The van der Waals surface area contributed by atoms with E-state index >= 15 is 0 Å². The number of rotatable bonds is 2. The van der Waals surface area contributed by atoms with Gasteiger partial charge < -0.3 is 9.80 Å². The van der Waals surface area contributed by atoms with Gasteiger partial charge in [-0.1, -0.05) is 6.92 Å². The summed E-state index contributed by atoms with van der Waals surface area (Å²) >= 11 is 0. The summed E-state index contributed by atoms with van der Waals surface area (Å²) in [7, 11) is 1.81. The summed E-state index contributed by atoms with van der Waals surface area (Å²) in [6.07, 6.45) is 1.65. The summed E-state index contributed by atoms with van der Waals surface area (Å²) in [5.74, 6) is 0.528. The molecule has 2 aliphatic heterocycles. The first kappa shape index (κ1) is 9.49. The highest BCUT2D eigenvalue weighted by Gasteiger charge is 2.43. The maximum Gasteiger partial charge on any atom is 0.227 e. The van der Waals surface area contributed by atoms with Crippen LogP contribution in [0.25, 0.3) is 0 Å². The third-order valence-electron chi connectivity index (χ3n) is 3.39. The summed E-state index contributed by atoms with van der Waals surface area (Å²) in [6, 6.07) is 0.240. The van der Waals surface area contributed by atoms with E-state index in [9.17, 15) is 9.59 Å². The highest BCUT2D eigenvalue weighted by Crippen LogP contribution is 2.26. The first-order valence-corrected chi connectivity index (χ1v) is 5.15. The molecule has 0 radical (unpaired) electrons. The van der Waals surface area contributed by atoms with Crippen molar-refractivity contribution < 1.29 is 9.59 Å². The molecule has 4 heteroatoms. The second-order valence-corrected chi connectivity index (χ2v) is 4.25. The van der Waals surface area contributed by atoms with Crippen LogP contribution < -0.4 is 0 Å². The van der Waals surface area contributed by atoms with Crippen molar-refractivity contribution >= 4 is 11.8 Å². The number of carbonyl (C=O) groups excluding carboxylic acids is 2. The second-order valence-electron chi connectivity index (χ2n) is 4.25. The molecule has 0 N–H and O–H groups in total. The summed E-state index contributed by atoms with van der Waals surface area (Å²) in [5.41, 5.74) is 0. The topological polar surface area (TPSA) is 40.6 Å². The predicted molar refractivity (Wildman–Crippen MR) is 51.5 cm³/mol. The largest absolute Gasteiger partial charge is 0.341 e. The minimum atomic E-state index is 0.0911. The molecule has 2 aliphatic rings. The molecule has 2 rings (SSSR count). The van der Waals surface area contributed by atoms with Crippen LogP contribution in [0.4, 0.5) is 0 Å². The fourth-order valence-corrected chi connectivity index (χ4v) is 2.31. The molecular formula is C10H16N2O2. The van der Waals surface area contributed by atoms with E-state index in [1.165, 1.54) is 0 Å². The molecule has 0 aliphatic carbocycles. The molecule has 2 unspecified atom stereocenters. The maximum atomic E-state index is 11.4. The number of nitrogens with zero attached hydrogens (tertiary/aromatic N) is 2. The average molecular weight is 196 g/mol. The van der Waals surface area contributed by atoms with E-state index < -0.39 is 0 Å². The van der Waals surface area contributed by atoms with Gasteiger partial charge in [-0.25, -0.2) is 0 Å². The highest BCUT2D eigenvalue weighted by molar-refractivity contribution is 5.86. The Morgan fingerprint density at radius 2 is 2.14 bits per heavy atom. The smallest absolute Gasteiger partial charge is 0.227 e. The average Bonchev–Trinajstić information content (AvgIpc) is 2.59. The molecule has 2 fully saturated rings. The molecule has 0 aromatic rings. The van der Waals surface area contributed by atoms with Crippen LogP contribution in [-0.2, 0) is 9.59 Å². The van der Waals surface area contributed by atoms with Crippen molar-refractivity contribution in [2.24, 2.45) is 5.92 Å². The Kier molecular flexibility index (Phi) is 2.21. The zero-order valence-corrected chi connectivity index (χ0v) is 8.69. The molecule has 2 amide bonds. The van der Waals surface area contributed by atoms with E-state index in [1.54, 1.807) is 4.90 Å². The molecule has 0 aromatic heterocycles. The summed E-state index contributed by atoms with van der Waals surface area (Å²) in [4.78, 5) is 26.2. The molecule has 0 saturated carbocycles. The lowest BCUT2D eigenvalue weighted by Crippen LogP contribution is -2.61. The van der Waals surface area contributed by atoms with E-state index in [4.69, 9.17) is 0 Å². The first-order valence-electron chi connectivity index (χ1n) is 5.15. The van der Waals surface area contributed by atoms with E-state index in [0.717, 1.165) is 19.5 Å². The molecule has 78 valence electrons. The van der Waals surface area contributed by atoms with Crippen LogP contribution in [0.1, 0.15) is 19.8 Å². The SMILES string of the molecule is CC1C(=O)N(C)C1CN1CCCC1=O. The molecule has 2 heterocycles. The van der Waals surface area contributed by atoms with E-state index in [0.29, 0.717) is 6.42 Å². The van der Waals surface area contributed by atoms with Crippen molar-refractivity contribution in [1.29, 1.82) is 0 Å². The molecule has 14 heavy (non-hydrogen) atoms. The third kappa shape index (κ3) is 1.29. The van der Waals surface area contributed by atoms with Crippen LogP contribution in [0.5, 0.6) is 0 Å². The lowest BCUT2D eigenvalue weighted by Gasteiger charge is -2.44. The van der Waals surface area contributed by atoms with Gasteiger partial charge in [0.05, 0.1) is 12.0 Å². The highest BCUT2D eigenvalue weighted by atomic mass is 16.2. The number of likely N-dealkylation sites (N-methyl/N-ethyl adjacent to an activating group) is 1. The monoisotopic (exact) mass is 196 g/mol. The van der Waals surface area contributed by atoms with Gasteiger partial charge >= 0.3 is 0 Å². The summed E-state index contributed by atoms with van der Waals surface area (Å²) in [6.45, 7) is 3.53. The van der Waals surface area contributed by atoms with Crippen molar-refractivity contribution in [1.82, 2.24) is 9.80 Å². The number of hydrogen-bond donors (Lipinski definition) is 0. The number of hydrogen-bond acceptors (Lipinski definition) is 2. The van der Waals surface area contributed by atoms with Gasteiger partial charge in [0.2, 0.25) is 11.8 Å². The fourth-order valence-electron chi connectivity index (χ4n) is 2.31. The number of amides is 2. The number of carbonyl (C=O) groups is 2. The van der Waals surface area contributed by atoms with Gasteiger partial charge in [-0.15, -0.1) is 0 Å². The van der Waals surface area contributed by atoms with Gasteiger partial charge in [0.1, 0.15) is 0 Å². The normalized spacial score (nSPS) is 32.4. The van der Waals surface area contributed by atoms with Gasteiger partial charge in [-0.2, -0.15) is 0 Å². The van der Waals surface area contributed by atoms with Gasteiger partial charge in [-0.3, -0.25) is 9.59 Å². The van der Waals surface area contributed by atoms with Crippen LogP contribution in [-0.4, -0.2) is 47.8 Å². The minimum Gasteiger partial charge on any atom is -0.341 e. The number of β-lactam (4-membered cyclic amide) rings is 1. The Labute approximate surface area is 83.9 Å². The van der Waals surface area contributed by atoms with Crippen molar-refractivity contribution in [3.8, 4) is 0 Å². The Hall–Kier alpha value is -1.06. The zero-order chi connectivity index (χ0) is 10.3. The number of likely N-dealkylation sites (tertiary alicyclic amines) is 2. The van der Waals surface area contributed by atoms with Gasteiger partial charge in [0.25, 0.3) is 0 Å². The van der Waals surface area contributed by atoms with Gasteiger partial charge in [0, 0.05) is 26.6 Å². The third-order valence-corrected chi connectivity index (χ3v) is 3.39. The summed E-state index contributed by atoms with van der Waals surface area (Å²) in [5, 5.41) is 0. The van der Waals surface area contributed by atoms with Crippen LogP contribution in [0.3, 0.4) is 0 Å². The second kappa shape index (κ2) is 3.26. The van der Waals surface area contributed by atoms with Crippen LogP contribution >= 0.6 is 0 Å². The molecule has 2 atom stereocenters. The van der Waals surface area contributed by atoms with Gasteiger partial charge in [0.15, 0.2) is 0 Å². The predicted octanol–water partition coefficient (Wildman–Crippen LogP) is 0.0855. The Morgan fingerprint density at radius 1 is 1.43 bits per heavy atom. The maximum absolute atomic E-state index is 11.4. The van der Waals surface area contributed by atoms with Crippen molar-refractivity contribution in [3.63, 3.8) is 0 Å². The Morgan fingerprint density at radius 3 is 2.64 bits per heavy atom. The van der Waals surface area contributed by atoms with Crippen molar-refractivity contribution in [2.75, 3.05) is 20.1 Å². The van der Waals surface area contributed by atoms with E-state index in [2.05, 4.69) is 0 Å². The van der Waals surface area contributed by atoms with Crippen LogP contribution in [0.2, 0.25) is 0 Å². The molecule has 0 aromatic carbocycles. The first-order chi connectivity index (χ1) is 6.61. The van der Waals surface area contributed by atoms with Crippen molar-refractivity contribution in [2.45, 2.75) is 25.8 Å².